The van der Waals surface area contributed by atoms with E-state index in [0.29, 0.717) is 13.1 Å². The van der Waals surface area contributed by atoms with Crippen LogP contribution in [-0.4, -0.2) is 51.2 Å². The fourth-order valence-electron chi connectivity index (χ4n) is 2.06. The maximum atomic E-state index is 11.2. The molecule has 0 aliphatic carbocycles. The van der Waals surface area contributed by atoms with Gasteiger partial charge < -0.3 is 15.0 Å². The Balaban J connectivity index is 2.04. The lowest BCUT2D eigenvalue weighted by Crippen LogP contribution is -2.56. The molecule has 1 aromatic heterocycles. The molecule has 0 aromatic carbocycles. The molecule has 1 aliphatic heterocycles. The van der Waals surface area contributed by atoms with E-state index >= 15 is 0 Å². The molecule has 1 aliphatic rings. The van der Waals surface area contributed by atoms with Gasteiger partial charge in [-0.3, -0.25) is 9.69 Å². The zero-order valence-electron chi connectivity index (χ0n) is 10.2. The van der Waals surface area contributed by atoms with E-state index in [-0.39, 0.29) is 0 Å². The van der Waals surface area contributed by atoms with E-state index in [1.807, 2.05) is 6.20 Å². The zero-order chi connectivity index (χ0) is 12.5. The van der Waals surface area contributed by atoms with Crippen LogP contribution >= 0.6 is 0 Å². The quantitative estimate of drug-likeness (QED) is 0.757. The summed E-state index contributed by atoms with van der Waals surface area (Å²) in [6.07, 6.45) is 3.74. The Hall–Kier alpha value is -1.40. The number of aromatic nitrogens is 2. The maximum absolute atomic E-state index is 11.2. The topological polar surface area (TPSA) is 70.4 Å². The average Bonchev–Trinajstić information content (AvgIpc) is 2.75. The molecule has 1 aromatic rings. The largest absolute Gasteiger partial charge is 0.480 e. The number of nitrogens with zero attached hydrogens (tertiary/aromatic N) is 3. The second-order valence-electron chi connectivity index (χ2n) is 4.63. The molecule has 0 spiro atoms. The number of rotatable bonds is 4. The number of fused-ring (bicyclic) bond motifs is 1. The van der Waals surface area contributed by atoms with E-state index in [1.54, 1.807) is 20.2 Å². The van der Waals surface area contributed by atoms with E-state index in [1.165, 1.54) is 0 Å². The molecule has 0 bridgehead atoms. The Morgan fingerprint density at radius 2 is 2.41 bits per heavy atom. The number of carboxylic acids is 1. The monoisotopic (exact) mass is 238 g/mol. The van der Waals surface area contributed by atoms with E-state index < -0.39 is 11.5 Å². The third-order valence-corrected chi connectivity index (χ3v) is 3.39. The molecular weight excluding hydrogens is 220 g/mol. The number of carboxylic acid groups (broad SMARTS) is 1. The first-order valence-corrected chi connectivity index (χ1v) is 5.70. The highest BCUT2D eigenvalue weighted by Crippen LogP contribution is 2.14. The van der Waals surface area contributed by atoms with E-state index in [2.05, 4.69) is 19.8 Å². The third-order valence-electron chi connectivity index (χ3n) is 3.39. The highest BCUT2D eigenvalue weighted by Gasteiger charge is 2.34. The van der Waals surface area contributed by atoms with Crippen LogP contribution in [0.1, 0.15) is 12.7 Å². The van der Waals surface area contributed by atoms with Gasteiger partial charge in [0, 0.05) is 32.0 Å². The maximum Gasteiger partial charge on any atom is 0.324 e. The molecule has 2 N–H and O–H groups in total. The molecule has 0 saturated heterocycles. The van der Waals surface area contributed by atoms with Crippen molar-refractivity contribution in [1.29, 1.82) is 0 Å². The van der Waals surface area contributed by atoms with Crippen LogP contribution in [0.15, 0.2) is 12.4 Å². The molecule has 2 rings (SSSR count). The summed E-state index contributed by atoms with van der Waals surface area (Å²) in [6.45, 7) is 4.61. The van der Waals surface area contributed by atoms with Gasteiger partial charge in [0.05, 0.1) is 6.54 Å². The summed E-state index contributed by atoms with van der Waals surface area (Å²) in [5, 5.41) is 12.1. The van der Waals surface area contributed by atoms with Crippen molar-refractivity contribution in [2.75, 3.05) is 20.1 Å². The highest BCUT2D eigenvalue weighted by atomic mass is 16.4. The van der Waals surface area contributed by atoms with Gasteiger partial charge in [0.25, 0.3) is 0 Å². The van der Waals surface area contributed by atoms with Gasteiger partial charge in [0.2, 0.25) is 0 Å². The summed E-state index contributed by atoms with van der Waals surface area (Å²) in [5.74, 6) is 0.175. The SMILES string of the molecule is CNC(C)(CN1CCn2ccnc2C1)C(=O)O. The fraction of sp³-hybridized carbons (Fsp3) is 0.636. The Labute approximate surface area is 100 Å². The van der Waals surface area contributed by atoms with Crippen LogP contribution in [-0.2, 0) is 17.9 Å². The first-order valence-electron chi connectivity index (χ1n) is 5.70. The summed E-state index contributed by atoms with van der Waals surface area (Å²) in [6, 6.07) is 0. The standard InChI is InChI=1S/C11H18N4O2/c1-11(12-2,10(16)17)8-14-5-6-15-4-3-13-9(15)7-14/h3-4,12H,5-8H2,1-2H3,(H,16,17). The first kappa shape index (κ1) is 12.1. The minimum Gasteiger partial charge on any atom is -0.480 e. The van der Waals surface area contributed by atoms with Gasteiger partial charge in [-0.25, -0.2) is 4.98 Å². The van der Waals surface area contributed by atoms with Crippen LogP contribution in [0.4, 0.5) is 0 Å². The van der Waals surface area contributed by atoms with Crippen LogP contribution in [0.5, 0.6) is 0 Å². The molecule has 1 unspecified atom stereocenters. The van der Waals surface area contributed by atoms with Crippen LogP contribution in [0.2, 0.25) is 0 Å². The summed E-state index contributed by atoms with van der Waals surface area (Å²) < 4.78 is 2.11. The van der Waals surface area contributed by atoms with Crippen molar-refractivity contribution in [1.82, 2.24) is 19.8 Å². The Bertz CT molecular complexity index is 417. The lowest BCUT2D eigenvalue weighted by molar-refractivity contribution is -0.145. The van der Waals surface area contributed by atoms with Crippen molar-refractivity contribution in [3.05, 3.63) is 18.2 Å². The van der Waals surface area contributed by atoms with Crippen molar-refractivity contribution >= 4 is 5.97 Å². The Morgan fingerprint density at radius 1 is 1.65 bits per heavy atom. The van der Waals surface area contributed by atoms with Crippen molar-refractivity contribution in [3.63, 3.8) is 0 Å². The number of aliphatic carboxylic acids is 1. The molecule has 1 atom stereocenters. The molecule has 0 saturated carbocycles. The number of likely N-dealkylation sites (N-methyl/N-ethyl adjacent to an activating group) is 1. The zero-order valence-corrected chi connectivity index (χ0v) is 10.2. The highest BCUT2D eigenvalue weighted by molar-refractivity contribution is 5.78. The number of imidazole rings is 1. The first-order chi connectivity index (χ1) is 8.05. The summed E-state index contributed by atoms with van der Waals surface area (Å²) in [7, 11) is 1.68. The fourth-order valence-corrected chi connectivity index (χ4v) is 2.06. The van der Waals surface area contributed by atoms with Crippen LogP contribution < -0.4 is 5.32 Å². The summed E-state index contributed by atoms with van der Waals surface area (Å²) in [5.41, 5.74) is -0.908. The minimum atomic E-state index is -0.908. The minimum absolute atomic E-state index is 0.478. The van der Waals surface area contributed by atoms with Crippen molar-refractivity contribution < 1.29 is 9.90 Å². The lowest BCUT2D eigenvalue weighted by atomic mass is 10.0. The predicted octanol–water partition coefficient (Wildman–Crippen LogP) is -0.239. The Kier molecular flexibility index (Phi) is 3.17. The molecule has 2 heterocycles. The summed E-state index contributed by atoms with van der Waals surface area (Å²) >= 11 is 0. The third kappa shape index (κ3) is 2.32. The normalized spacial score (nSPS) is 19.6. The smallest absolute Gasteiger partial charge is 0.324 e. The van der Waals surface area contributed by atoms with Gasteiger partial charge in [-0.2, -0.15) is 0 Å². The van der Waals surface area contributed by atoms with E-state index in [0.717, 1.165) is 18.9 Å². The second kappa shape index (κ2) is 4.46. The van der Waals surface area contributed by atoms with Crippen molar-refractivity contribution in [2.24, 2.45) is 0 Å². The van der Waals surface area contributed by atoms with Crippen molar-refractivity contribution in [3.8, 4) is 0 Å². The number of carbonyl (C=O) groups is 1. The number of nitrogens with one attached hydrogen (secondary N) is 1. The van der Waals surface area contributed by atoms with Gasteiger partial charge in [-0.15, -0.1) is 0 Å². The predicted molar refractivity (Wildman–Crippen MR) is 62.6 cm³/mol. The molecule has 17 heavy (non-hydrogen) atoms. The lowest BCUT2D eigenvalue weighted by Gasteiger charge is -2.34. The molecular formula is C11H18N4O2. The number of hydrogen-bond donors (Lipinski definition) is 2. The van der Waals surface area contributed by atoms with Crippen LogP contribution in [0.3, 0.4) is 0 Å². The molecule has 6 nitrogen and oxygen atoms in total. The van der Waals surface area contributed by atoms with E-state index in [4.69, 9.17) is 0 Å². The number of hydrogen-bond acceptors (Lipinski definition) is 4. The molecule has 0 amide bonds. The van der Waals surface area contributed by atoms with Crippen LogP contribution in [0, 0.1) is 0 Å². The van der Waals surface area contributed by atoms with Crippen molar-refractivity contribution in [2.45, 2.75) is 25.6 Å². The second-order valence-corrected chi connectivity index (χ2v) is 4.63. The van der Waals surface area contributed by atoms with Gasteiger partial charge in [-0.05, 0) is 14.0 Å². The van der Waals surface area contributed by atoms with Gasteiger partial charge in [0.15, 0.2) is 0 Å². The molecule has 0 radical (unpaired) electrons. The van der Waals surface area contributed by atoms with Gasteiger partial charge in [0.1, 0.15) is 11.4 Å². The average molecular weight is 238 g/mol. The van der Waals surface area contributed by atoms with Gasteiger partial charge in [-0.1, -0.05) is 0 Å². The molecule has 0 fully saturated rings. The van der Waals surface area contributed by atoms with Crippen LogP contribution in [0.25, 0.3) is 0 Å². The van der Waals surface area contributed by atoms with E-state index in [9.17, 15) is 9.90 Å². The molecule has 6 heteroatoms. The molecule has 94 valence electrons. The van der Waals surface area contributed by atoms with Gasteiger partial charge >= 0.3 is 5.97 Å². The Morgan fingerprint density at radius 3 is 3.06 bits per heavy atom. The summed E-state index contributed by atoms with van der Waals surface area (Å²) in [4.78, 5) is 17.6.